The highest BCUT2D eigenvalue weighted by molar-refractivity contribution is 5.40. The second-order valence-electron chi connectivity index (χ2n) is 6.48. The number of β-amino-alcohol motifs (C(OH)–C–C–N with tert-alkyl or cyclic N) is 1. The molecule has 1 aromatic rings. The van der Waals surface area contributed by atoms with Gasteiger partial charge in [-0.05, 0) is 25.0 Å². The van der Waals surface area contributed by atoms with E-state index < -0.39 is 11.7 Å². The summed E-state index contributed by atoms with van der Waals surface area (Å²) in [5.74, 6) is 0.861. The summed E-state index contributed by atoms with van der Waals surface area (Å²) in [5.41, 5.74) is 0.197. The number of hydrogen-bond acceptors (Lipinski definition) is 6. The summed E-state index contributed by atoms with van der Waals surface area (Å²) in [4.78, 5) is 8.92. The Morgan fingerprint density at radius 3 is 2.73 bits per heavy atom. The van der Waals surface area contributed by atoms with Crippen LogP contribution in [0.2, 0.25) is 0 Å². The van der Waals surface area contributed by atoms with Gasteiger partial charge in [0, 0.05) is 38.9 Å². The molecule has 0 unspecified atom stereocenters. The molecule has 3 heterocycles. The Labute approximate surface area is 131 Å². The molecule has 0 radical (unpaired) electrons. The minimum Gasteiger partial charge on any atom is -0.388 e. The summed E-state index contributed by atoms with van der Waals surface area (Å²) in [6, 6.07) is 4.10. The van der Waals surface area contributed by atoms with E-state index >= 15 is 0 Å². The molecule has 2 atom stereocenters. The van der Waals surface area contributed by atoms with E-state index in [4.69, 9.17) is 4.74 Å². The standard InChI is InChI=1S/C16H25N3O3/c1-16(21)4-5-19(12-14(16)20)15-3-2-13(10-17-15)11-18-6-8-22-9-7-18/h2-3,10,14,20-21H,4-9,11-12H2,1H3/t14-,16-/m0/s1. The quantitative estimate of drug-likeness (QED) is 0.833. The molecule has 2 N–H and O–H groups in total. The van der Waals surface area contributed by atoms with Crippen LogP contribution in [0.3, 0.4) is 0 Å². The number of aromatic nitrogens is 1. The first-order chi connectivity index (χ1) is 10.5. The minimum absolute atomic E-state index is 0.419. The van der Waals surface area contributed by atoms with Crippen molar-refractivity contribution in [3.8, 4) is 0 Å². The van der Waals surface area contributed by atoms with E-state index in [9.17, 15) is 10.2 Å². The molecule has 0 bridgehead atoms. The van der Waals surface area contributed by atoms with Crippen LogP contribution < -0.4 is 4.90 Å². The number of aliphatic hydroxyl groups is 2. The minimum atomic E-state index is -0.993. The predicted molar refractivity (Wildman–Crippen MR) is 83.8 cm³/mol. The van der Waals surface area contributed by atoms with Gasteiger partial charge < -0.3 is 19.8 Å². The molecule has 2 saturated heterocycles. The van der Waals surface area contributed by atoms with Crippen LogP contribution in [0.15, 0.2) is 18.3 Å². The van der Waals surface area contributed by atoms with Gasteiger partial charge in [0.1, 0.15) is 5.82 Å². The van der Waals surface area contributed by atoms with E-state index in [1.54, 1.807) is 6.92 Å². The molecular formula is C16H25N3O3. The topological polar surface area (TPSA) is 69.1 Å². The van der Waals surface area contributed by atoms with E-state index in [0.29, 0.717) is 19.5 Å². The fourth-order valence-corrected chi connectivity index (χ4v) is 2.95. The van der Waals surface area contributed by atoms with Crippen LogP contribution in [-0.2, 0) is 11.3 Å². The molecule has 122 valence electrons. The van der Waals surface area contributed by atoms with Gasteiger partial charge in [0.05, 0.1) is 24.9 Å². The molecule has 0 saturated carbocycles. The van der Waals surface area contributed by atoms with Crippen molar-refractivity contribution in [2.75, 3.05) is 44.3 Å². The van der Waals surface area contributed by atoms with Crippen LogP contribution in [0, 0.1) is 0 Å². The zero-order chi connectivity index (χ0) is 15.6. The van der Waals surface area contributed by atoms with Crippen LogP contribution in [0.5, 0.6) is 0 Å². The first-order valence-electron chi connectivity index (χ1n) is 7.95. The normalized spacial score (nSPS) is 30.5. The molecule has 3 rings (SSSR count). The number of anilines is 1. The smallest absolute Gasteiger partial charge is 0.128 e. The molecule has 2 fully saturated rings. The van der Waals surface area contributed by atoms with E-state index in [1.165, 1.54) is 5.56 Å². The third kappa shape index (κ3) is 3.57. The van der Waals surface area contributed by atoms with Gasteiger partial charge in [0.25, 0.3) is 0 Å². The molecule has 1 aromatic heterocycles. The Morgan fingerprint density at radius 1 is 1.32 bits per heavy atom. The lowest BCUT2D eigenvalue weighted by atomic mass is 9.91. The summed E-state index contributed by atoms with van der Waals surface area (Å²) >= 11 is 0. The largest absolute Gasteiger partial charge is 0.388 e. The molecule has 2 aliphatic heterocycles. The Balaban J connectivity index is 1.59. The number of nitrogens with zero attached hydrogens (tertiary/aromatic N) is 3. The molecule has 6 nitrogen and oxygen atoms in total. The number of pyridine rings is 1. The Bertz CT molecular complexity index is 486. The molecule has 0 aromatic carbocycles. The van der Waals surface area contributed by atoms with Crippen molar-refractivity contribution < 1.29 is 14.9 Å². The number of hydrogen-bond donors (Lipinski definition) is 2. The number of ether oxygens (including phenoxy) is 1. The molecule has 0 amide bonds. The number of aliphatic hydroxyl groups excluding tert-OH is 1. The summed E-state index contributed by atoms with van der Waals surface area (Å²) < 4.78 is 5.35. The fourth-order valence-electron chi connectivity index (χ4n) is 2.95. The van der Waals surface area contributed by atoms with Crippen LogP contribution in [0.1, 0.15) is 18.9 Å². The van der Waals surface area contributed by atoms with Gasteiger partial charge in [-0.1, -0.05) is 6.07 Å². The van der Waals surface area contributed by atoms with Crippen LogP contribution in [0.25, 0.3) is 0 Å². The summed E-state index contributed by atoms with van der Waals surface area (Å²) in [6.45, 7) is 7.25. The zero-order valence-corrected chi connectivity index (χ0v) is 13.1. The van der Waals surface area contributed by atoms with Gasteiger partial charge in [-0.2, -0.15) is 0 Å². The molecular weight excluding hydrogens is 282 g/mol. The van der Waals surface area contributed by atoms with Gasteiger partial charge in [0.2, 0.25) is 0 Å². The van der Waals surface area contributed by atoms with Crippen molar-refractivity contribution in [1.82, 2.24) is 9.88 Å². The monoisotopic (exact) mass is 307 g/mol. The van der Waals surface area contributed by atoms with Gasteiger partial charge in [-0.25, -0.2) is 4.98 Å². The highest BCUT2D eigenvalue weighted by Crippen LogP contribution is 2.25. The van der Waals surface area contributed by atoms with Gasteiger partial charge in [-0.3, -0.25) is 4.90 Å². The van der Waals surface area contributed by atoms with Gasteiger partial charge in [-0.15, -0.1) is 0 Å². The van der Waals surface area contributed by atoms with Gasteiger partial charge >= 0.3 is 0 Å². The average molecular weight is 307 g/mol. The van der Waals surface area contributed by atoms with Crippen LogP contribution in [-0.4, -0.2) is 71.2 Å². The van der Waals surface area contributed by atoms with E-state index in [0.717, 1.165) is 38.7 Å². The van der Waals surface area contributed by atoms with E-state index in [1.807, 2.05) is 17.2 Å². The average Bonchev–Trinajstić information content (AvgIpc) is 2.52. The first kappa shape index (κ1) is 15.7. The lowest BCUT2D eigenvalue weighted by Crippen LogP contribution is -2.54. The molecule has 0 aliphatic carbocycles. The Hall–Kier alpha value is -1.21. The summed E-state index contributed by atoms with van der Waals surface area (Å²) in [5, 5.41) is 20.0. The van der Waals surface area contributed by atoms with Crippen molar-refractivity contribution >= 4 is 5.82 Å². The molecule has 2 aliphatic rings. The number of piperidine rings is 1. The second kappa shape index (κ2) is 6.50. The van der Waals surface area contributed by atoms with Crippen LogP contribution >= 0.6 is 0 Å². The molecule has 6 heteroatoms. The SMILES string of the molecule is C[C@]1(O)CCN(c2ccc(CN3CCOCC3)cn2)C[C@@H]1O. The number of rotatable bonds is 3. The highest BCUT2D eigenvalue weighted by atomic mass is 16.5. The summed E-state index contributed by atoms with van der Waals surface area (Å²) in [7, 11) is 0. The lowest BCUT2D eigenvalue weighted by Gasteiger charge is -2.40. The zero-order valence-electron chi connectivity index (χ0n) is 13.1. The first-order valence-corrected chi connectivity index (χ1v) is 7.95. The van der Waals surface area contributed by atoms with E-state index in [-0.39, 0.29) is 0 Å². The van der Waals surface area contributed by atoms with Crippen molar-refractivity contribution in [1.29, 1.82) is 0 Å². The van der Waals surface area contributed by atoms with Crippen molar-refractivity contribution in [2.24, 2.45) is 0 Å². The third-order valence-corrected chi connectivity index (χ3v) is 4.64. The Kier molecular flexibility index (Phi) is 4.63. The molecule has 0 spiro atoms. The third-order valence-electron chi connectivity index (χ3n) is 4.64. The molecule has 22 heavy (non-hydrogen) atoms. The fraction of sp³-hybridized carbons (Fsp3) is 0.688. The maximum atomic E-state index is 10.0. The van der Waals surface area contributed by atoms with Crippen LogP contribution in [0.4, 0.5) is 5.82 Å². The maximum Gasteiger partial charge on any atom is 0.128 e. The van der Waals surface area contributed by atoms with E-state index in [2.05, 4.69) is 16.0 Å². The number of morpholine rings is 1. The van der Waals surface area contributed by atoms with Crippen molar-refractivity contribution in [3.63, 3.8) is 0 Å². The van der Waals surface area contributed by atoms with Gasteiger partial charge in [0.15, 0.2) is 0 Å². The van der Waals surface area contributed by atoms with Crippen molar-refractivity contribution in [2.45, 2.75) is 31.6 Å². The predicted octanol–water partition coefficient (Wildman–Crippen LogP) is 0.236. The second-order valence-corrected chi connectivity index (χ2v) is 6.48. The Morgan fingerprint density at radius 2 is 2.09 bits per heavy atom. The summed E-state index contributed by atoms with van der Waals surface area (Å²) in [6.07, 6.45) is 1.71. The maximum absolute atomic E-state index is 10.0. The highest BCUT2D eigenvalue weighted by Gasteiger charge is 2.36. The lowest BCUT2D eigenvalue weighted by molar-refractivity contribution is -0.0722. The van der Waals surface area contributed by atoms with Crippen molar-refractivity contribution in [3.05, 3.63) is 23.9 Å².